The number of amides is 1. The van der Waals surface area contributed by atoms with Crippen LogP contribution in [-0.2, 0) is 4.79 Å². The van der Waals surface area contributed by atoms with E-state index in [1.54, 1.807) is 23.1 Å². The van der Waals surface area contributed by atoms with Crippen LogP contribution in [-0.4, -0.2) is 37.0 Å². The number of benzene rings is 2. The molecule has 0 spiro atoms. The molecule has 1 heterocycles. The van der Waals surface area contributed by atoms with E-state index in [9.17, 15) is 9.18 Å². The molecular formula is C18H19Cl2FN2O2. The summed E-state index contributed by atoms with van der Waals surface area (Å²) in [6, 6.07) is 13.2. The Kier molecular flexibility index (Phi) is 7.05. The molecule has 0 saturated carbocycles. The summed E-state index contributed by atoms with van der Waals surface area (Å²) in [6.07, 6.45) is 0. The average molecular weight is 385 g/mol. The number of hydrogen-bond acceptors (Lipinski definition) is 3. The summed E-state index contributed by atoms with van der Waals surface area (Å²) in [4.78, 5) is 14.4. The second-order valence-corrected chi connectivity index (χ2v) is 6.04. The van der Waals surface area contributed by atoms with Crippen molar-refractivity contribution in [2.24, 2.45) is 0 Å². The number of nitrogens with zero attached hydrogens (tertiary/aromatic N) is 1. The Morgan fingerprint density at radius 2 is 2.08 bits per heavy atom. The van der Waals surface area contributed by atoms with Crippen molar-refractivity contribution in [1.82, 2.24) is 10.2 Å². The standard InChI is InChI=1S/C18H18ClFN2O2.ClH/c19-14-4-1-3-13(9-14)17-11-21-7-8-22(17)18(23)12-24-16-6-2-5-15(20)10-16;/h1-6,9-10,17,21H,7-8,11-12H2;1H. The van der Waals surface area contributed by atoms with Gasteiger partial charge >= 0.3 is 0 Å². The quantitative estimate of drug-likeness (QED) is 0.877. The van der Waals surface area contributed by atoms with Gasteiger partial charge in [-0.3, -0.25) is 4.79 Å². The number of piperazine rings is 1. The van der Waals surface area contributed by atoms with Gasteiger partial charge in [-0.2, -0.15) is 0 Å². The van der Waals surface area contributed by atoms with Crippen LogP contribution in [0.1, 0.15) is 11.6 Å². The summed E-state index contributed by atoms with van der Waals surface area (Å²) in [5.74, 6) is -0.178. The zero-order valence-electron chi connectivity index (χ0n) is 13.5. The number of carbonyl (C=O) groups is 1. The van der Waals surface area contributed by atoms with E-state index in [4.69, 9.17) is 16.3 Å². The molecule has 134 valence electrons. The van der Waals surface area contributed by atoms with Crippen LogP contribution in [0.5, 0.6) is 5.75 Å². The molecular weight excluding hydrogens is 366 g/mol. The first kappa shape index (κ1) is 19.5. The van der Waals surface area contributed by atoms with Gasteiger partial charge in [-0.25, -0.2) is 4.39 Å². The smallest absolute Gasteiger partial charge is 0.261 e. The van der Waals surface area contributed by atoms with Gasteiger partial charge in [0, 0.05) is 30.7 Å². The fraction of sp³-hybridized carbons (Fsp3) is 0.278. The van der Waals surface area contributed by atoms with Gasteiger partial charge in [-0.15, -0.1) is 12.4 Å². The maximum Gasteiger partial charge on any atom is 0.261 e. The van der Waals surface area contributed by atoms with Crippen molar-refractivity contribution in [3.63, 3.8) is 0 Å². The van der Waals surface area contributed by atoms with E-state index in [0.29, 0.717) is 23.9 Å². The first-order chi connectivity index (χ1) is 11.6. The summed E-state index contributed by atoms with van der Waals surface area (Å²) in [5, 5.41) is 3.93. The molecule has 25 heavy (non-hydrogen) atoms. The van der Waals surface area contributed by atoms with Gasteiger partial charge in [0.2, 0.25) is 0 Å². The van der Waals surface area contributed by atoms with Crippen LogP contribution in [0.3, 0.4) is 0 Å². The molecule has 1 amide bonds. The summed E-state index contributed by atoms with van der Waals surface area (Å²) in [5.41, 5.74) is 0.980. The van der Waals surface area contributed by atoms with Gasteiger partial charge in [-0.05, 0) is 29.8 Å². The molecule has 4 nitrogen and oxygen atoms in total. The number of halogens is 3. The molecule has 0 bridgehead atoms. The molecule has 3 rings (SSSR count). The third-order valence-corrected chi connectivity index (χ3v) is 4.19. The highest BCUT2D eigenvalue weighted by Gasteiger charge is 2.28. The molecule has 1 N–H and O–H groups in total. The first-order valence-electron chi connectivity index (χ1n) is 7.77. The number of rotatable bonds is 4. The highest BCUT2D eigenvalue weighted by Crippen LogP contribution is 2.25. The fourth-order valence-electron chi connectivity index (χ4n) is 2.80. The van der Waals surface area contributed by atoms with Gasteiger partial charge in [0.15, 0.2) is 6.61 Å². The molecule has 1 atom stereocenters. The molecule has 1 saturated heterocycles. The zero-order valence-corrected chi connectivity index (χ0v) is 15.0. The highest BCUT2D eigenvalue weighted by molar-refractivity contribution is 6.30. The van der Waals surface area contributed by atoms with Gasteiger partial charge in [0.25, 0.3) is 5.91 Å². The van der Waals surface area contributed by atoms with E-state index in [2.05, 4.69) is 5.32 Å². The van der Waals surface area contributed by atoms with E-state index in [-0.39, 0.29) is 36.8 Å². The van der Waals surface area contributed by atoms with Gasteiger partial charge in [0.05, 0.1) is 6.04 Å². The van der Waals surface area contributed by atoms with E-state index in [1.165, 1.54) is 12.1 Å². The average Bonchev–Trinajstić information content (AvgIpc) is 2.60. The van der Waals surface area contributed by atoms with Crippen molar-refractivity contribution in [2.45, 2.75) is 6.04 Å². The van der Waals surface area contributed by atoms with E-state index < -0.39 is 0 Å². The predicted molar refractivity (Wildman–Crippen MR) is 97.9 cm³/mol. The third-order valence-electron chi connectivity index (χ3n) is 3.96. The maximum atomic E-state index is 13.2. The number of carbonyl (C=O) groups excluding carboxylic acids is 1. The minimum Gasteiger partial charge on any atom is -0.484 e. The minimum absolute atomic E-state index is 0. The lowest BCUT2D eigenvalue weighted by molar-refractivity contribution is -0.136. The van der Waals surface area contributed by atoms with Crippen molar-refractivity contribution in [1.29, 1.82) is 0 Å². The molecule has 1 aliphatic heterocycles. The Hall–Kier alpha value is -1.82. The molecule has 0 aromatic heterocycles. The Labute approximate surface area is 157 Å². The van der Waals surface area contributed by atoms with Crippen molar-refractivity contribution >= 4 is 29.9 Å². The number of ether oxygens (including phenoxy) is 1. The molecule has 1 fully saturated rings. The molecule has 7 heteroatoms. The third kappa shape index (κ3) is 5.08. The minimum atomic E-state index is -0.390. The van der Waals surface area contributed by atoms with Crippen LogP contribution in [0.4, 0.5) is 4.39 Å². The Morgan fingerprint density at radius 1 is 1.28 bits per heavy atom. The molecule has 0 radical (unpaired) electrons. The normalized spacial score (nSPS) is 16.9. The predicted octanol–water partition coefficient (Wildman–Crippen LogP) is 3.45. The highest BCUT2D eigenvalue weighted by atomic mass is 35.5. The lowest BCUT2D eigenvalue weighted by Crippen LogP contribution is -2.50. The van der Waals surface area contributed by atoms with Crippen LogP contribution in [0, 0.1) is 5.82 Å². The lowest BCUT2D eigenvalue weighted by atomic mass is 10.0. The van der Waals surface area contributed by atoms with E-state index in [0.717, 1.165) is 12.1 Å². The summed E-state index contributed by atoms with van der Waals surface area (Å²) < 4.78 is 18.6. The zero-order chi connectivity index (χ0) is 16.9. The molecule has 2 aromatic carbocycles. The van der Waals surface area contributed by atoms with Crippen molar-refractivity contribution in [3.8, 4) is 5.75 Å². The van der Waals surface area contributed by atoms with Crippen LogP contribution < -0.4 is 10.1 Å². The van der Waals surface area contributed by atoms with Crippen LogP contribution in [0.2, 0.25) is 5.02 Å². The summed E-state index contributed by atoms with van der Waals surface area (Å²) >= 11 is 6.06. The largest absolute Gasteiger partial charge is 0.484 e. The number of hydrogen-bond donors (Lipinski definition) is 1. The second kappa shape index (κ2) is 9.04. The van der Waals surface area contributed by atoms with E-state index >= 15 is 0 Å². The molecule has 1 unspecified atom stereocenters. The SMILES string of the molecule is Cl.O=C(COc1cccc(F)c1)N1CCNCC1c1cccc(Cl)c1. The van der Waals surface area contributed by atoms with Crippen molar-refractivity contribution < 1.29 is 13.9 Å². The maximum absolute atomic E-state index is 13.2. The summed E-state index contributed by atoms with van der Waals surface area (Å²) in [6.45, 7) is 1.85. The Bertz CT molecular complexity index is 730. The monoisotopic (exact) mass is 384 g/mol. The molecule has 2 aromatic rings. The molecule has 0 aliphatic carbocycles. The van der Waals surface area contributed by atoms with Crippen LogP contribution in [0.25, 0.3) is 0 Å². The van der Waals surface area contributed by atoms with Gasteiger partial charge in [0.1, 0.15) is 11.6 Å². The fourth-order valence-corrected chi connectivity index (χ4v) is 3.00. The second-order valence-electron chi connectivity index (χ2n) is 5.61. The first-order valence-corrected chi connectivity index (χ1v) is 8.15. The van der Waals surface area contributed by atoms with Crippen LogP contribution in [0.15, 0.2) is 48.5 Å². The number of nitrogens with one attached hydrogen (secondary N) is 1. The van der Waals surface area contributed by atoms with Crippen molar-refractivity contribution in [3.05, 3.63) is 64.9 Å². The molecule has 1 aliphatic rings. The topological polar surface area (TPSA) is 41.6 Å². The van der Waals surface area contributed by atoms with Crippen molar-refractivity contribution in [2.75, 3.05) is 26.2 Å². The van der Waals surface area contributed by atoms with E-state index in [1.807, 2.05) is 18.2 Å². The van der Waals surface area contributed by atoms with Gasteiger partial charge in [-0.1, -0.05) is 29.8 Å². The summed E-state index contributed by atoms with van der Waals surface area (Å²) in [7, 11) is 0. The lowest BCUT2D eigenvalue weighted by Gasteiger charge is -2.36. The Balaban J connectivity index is 0.00000225. The van der Waals surface area contributed by atoms with Gasteiger partial charge < -0.3 is 15.0 Å². The van der Waals surface area contributed by atoms with Crippen LogP contribution >= 0.6 is 24.0 Å². The Morgan fingerprint density at radius 3 is 2.84 bits per heavy atom.